The number of benzene rings is 1. The number of carbonyl (C=O) groups excluding carboxylic acids is 1. The molecule has 1 unspecified atom stereocenters. The zero-order valence-corrected chi connectivity index (χ0v) is 11.4. The minimum Gasteiger partial charge on any atom is -0.480 e. The summed E-state index contributed by atoms with van der Waals surface area (Å²) in [5, 5.41) is 11.7. The van der Waals surface area contributed by atoms with Crippen molar-refractivity contribution in [3.8, 4) is 0 Å². The van der Waals surface area contributed by atoms with Crippen molar-refractivity contribution in [2.24, 2.45) is 0 Å². The van der Waals surface area contributed by atoms with E-state index in [2.05, 4.69) is 5.32 Å². The van der Waals surface area contributed by atoms with Crippen LogP contribution in [0.4, 0.5) is 4.39 Å². The van der Waals surface area contributed by atoms with Gasteiger partial charge in [0.15, 0.2) is 0 Å². The van der Waals surface area contributed by atoms with E-state index in [-0.39, 0.29) is 11.7 Å². The van der Waals surface area contributed by atoms with Crippen molar-refractivity contribution < 1.29 is 19.1 Å². The average Bonchev–Trinajstić information content (AvgIpc) is 3.20. The van der Waals surface area contributed by atoms with Crippen molar-refractivity contribution in [1.82, 2.24) is 5.32 Å². The summed E-state index contributed by atoms with van der Waals surface area (Å²) in [5.74, 6) is -1.64. The fourth-order valence-corrected chi connectivity index (χ4v) is 2.38. The highest BCUT2D eigenvalue weighted by Gasteiger charge is 2.51. The maximum Gasteiger partial charge on any atom is 0.326 e. The molecule has 20 heavy (non-hydrogen) atoms. The molecule has 0 aliphatic heterocycles. The fourth-order valence-electron chi connectivity index (χ4n) is 2.38. The van der Waals surface area contributed by atoms with Gasteiger partial charge in [-0.3, -0.25) is 4.79 Å². The maximum atomic E-state index is 12.9. The number of aliphatic carboxylic acids is 1. The molecule has 5 heteroatoms. The predicted octanol–water partition coefficient (Wildman–Crippen LogP) is 2.23. The third kappa shape index (κ3) is 2.81. The van der Waals surface area contributed by atoms with Crippen LogP contribution < -0.4 is 5.32 Å². The first-order valence-corrected chi connectivity index (χ1v) is 6.79. The average molecular weight is 279 g/mol. The molecule has 1 atom stereocenters. The minimum atomic E-state index is -1.02. The number of carboxylic acid groups (broad SMARTS) is 1. The second-order valence-corrected chi connectivity index (χ2v) is 5.24. The van der Waals surface area contributed by atoms with Gasteiger partial charge in [0.05, 0.1) is 5.41 Å². The van der Waals surface area contributed by atoms with Crippen LogP contribution in [0.2, 0.25) is 0 Å². The number of carbonyl (C=O) groups is 2. The SMILES string of the molecule is CCCC(NC(=O)C1(c2ccc(F)cc2)CC1)C(=O)O. The Morgan fingerprint density at radius 2 is 1.95 bits per heavy atom. The highest BCUT2D eigenvalue weighted by molar-refractivity contribution is 5.93. The molecule has 1 saturated carbocycles. The molecule has 0 bridgehead atoms. The lowest BCUT2D eigenvalue weighted by atomic mass is 9.94. The molecule has 1 aliphatic rings. The zero-order chi connectivity index (χ0) is 14.8. The molecule has 0 aromatic heterocycles. The molecule has 0 saturated heterocycles. The van der Waals surface area contributed by atoms with Crippen LogP contribution in [0, 0.1) is 5.82 Å². The van der Waals surface area contributed by atoms with E-state index in [0.717, 1.165) is 5.56 Å². The number of nitrogens with one attached hydrogen (secondary N) is 1. The van der Waals surface area contributed by atoms with Crippen LogP contribution in [-0.4, -0.2) is 23.0 Å². The molecule has 1 aliphatic carbocycles. The Bertz CT molecular complexity index is 508. The van der Waals surface area contributed by atoms with Gasteiger partial charge in [0.1, 0.15) is 11.9 Å². The maximum absolute atomic E-state index is 12.9. The van der Waals surface area contributed by atoms with Crippen LogP contribution in [0.15, 0.2) is 24.3 Å². The molecule has 108 valence electrons. The van der Waals surface area contributed by atoms with E-state index in [1.807, 2.05) is 6.92 Å². The lowest BCUT2D eigenvalue weighted by Gasteiger charge is -2.19. The molecule has 2 rings (SSSR count). The first-order valence-electron chi connectivity index (χ1n) is 6.79. The van der Waals surface area contributed by atoms with Crippen LogP contribution in [-0.2, 0) is 15.0 Å². The summed E-state index contributed by atoms with van der Waals surface area (Å²) in [6.07, 6.45) is 2.42. The number of rotatable bonds is 6. The summed E-state index contributed by atoms with van der Waals surface area (Å²) in [4.78, 5) is 23.4. The third-order valence-corrected chi connectivity index (χ3v) is 3.76. The molecule has 0 heterocycles. The Morgan fingerprint density at radius 3 is 2.40 bits per heavy atom. The highest BCUT2D eigenvalue weighted by Crippen LogP contribution is 2.48. The quantitative estimate of drug-likeness (QED) is 0.839. The molecule has 1 fully saturated rings. The largest absolute Gasteiger partial charge is 0.480 e. The van der Waals surface area contributed by atoms with Crippen molar-refractivity contribution in [3.63, 3.8) is 0 Å². The third-order valence-electron chi connectivity index (χ3n) is 3.76. The molecule has 2 N–H and O–H groups in total. The first kappa shape index (κ1) is 14.5. The fraction of sp³-hybridized carbons (Fsp3) is 0.467. The Labute approximate surface area is 117 Å². The summed E-state index contributed by atoms with van der Waals surface area (Å²) in [6.45, 7) is 1.87. The molecule has 1 aromatic carbocycles. The van der Waals surface area contributed by atoms with Crippen LogP contribution >= 0.6 is 0 Å². The van der Waals surface area contributed by atoms with Crippen molar-refractivity contribution >= 4 is 11.9 Å². The second kappa shape index (κ2) is 5.61. The van der Waals surface area contributed by atoms with Gasteiger partial charge in [-0.2, -0.15) is 0 Å². The van der Waals surface area contributed by atoms with E-state index in [4.69, 9.17) is 5.11 Å². The zero-order valence-electron chi connectivity index (χ0n) is 11.4. The van der Waals surface area contributed by atoms with Gasteiger partial charge in [0.25, 0.3) is 0 Å². The Balaban J connectivity index is 2.12. The van der Waals surface area contributed by atoms with Crippen molar-refractivity contribution in [1.29, 1.82) is 0 Å². The lowest BCUT2D eigenvalue weighted by Crippen LogP contribution is -2.45. The van der Waals surface area contributed by atoms with E-state index in [1.165, 1.54) is 12.1 Å². The van der Waals surface area contributed by atoms with Gasteiger partial charge >= 0.3 is 5.97 Å². The monoisotopic (exact) mass is 279 g/mol. The Hall–Kier alpha value is -1.91. The summed E-state index contributed by atoms with van der Waals surface area (Å²) >= 11 is 0. The van der Waals surface area contributed by atoms with Gasteiger partial charge in [-0.25, -0.2) is 9.18 Å². The molecule has 0 spiro atoms. The van der Waals surface area contributed by atoms with Crippen LogP contribution in [0.25, 0.3) is 0 Å². The number of carboxylic acids is 1. The van der Waals surface area contributed by atoms with E-state index < -0.39 is 17.4 Å². The summed E-state index contributed by atoms with van der Waals surface area (Å²) < 4.78 is 12.9. The normalized spacial score (nSPS) is 17.3. The van der Waals surface area contributed by atoms with Crippen LogP contribution in [0.1, 0.15) is 38.2 Å². The van der Waals surface area contributed by atoms with Gasteiger partial charge < -0.3 is 10.4 Å². The molecule has 1 aromatic rings. The lowest BCUT2D eigenvalue weighted by molar-refractivity contribution is -0.142. The van der Waals surface area contributed by atoms with E-state index in [0.29, 0.717) is 25.7 Å². The van der Waals surface area contributed by atoms with Crippen LogP contribution in [0.5, 0.6) is 0 Å². The van der Waals surface area contributed by atoms with E-state index in [9.17, 15) is 14.0 Å². The van der Waals surface area contributed by atoms with Gasteiger partial charge in [0.2, 0.25) is 5.91 Å². The Kier molecular flexibility index (Phi) is 4.06. The Morgan fingerprint density at radius 1 is 1.35 bits per heavy atom. The standard InChI is InChI=1S/C15H18FNO3/c1-2-3-12(13(18)19)17-14(20)15(8-9-15)10-4-6-11(16)7-5-10/h4-7,12H,2-3,8-9H2,1H3,(H,17,20)(H,18,19). The first-order chi connectivity index (χ1) is 9.49. The minimum absolute atomic E-state index is 0.273. The number of halogens is 1. The van der Waals surface area contributed by atoms with Crippen molar-refractivity contribution in [3.05, 3.63) is 35.6 Å². The van der Waals surface area contributed by atoms with Crippen molar-refractivity contribution in [2.45, 2.75) is 44.1 Å². The van der Waals surface area contributed by atoms with Crippen molar-refractivity contribution in [2.75, 3.05) is 0 Å². The number of amides is 1. The molecule has 4 nitrogen and oxygen atoms in total. The van der Waals surface area contributed by atoms with Gasteiger partial charge in [-0.15, -0.1) is 0 Å². The van der Waals surface area contributed by atoms with E-state index in [1.54, 1.807) is 12.1 Å². The second-order valence-electron chi connectivity index (χ2n) is 5.24. The highest BCUT2D eigenvalue weighted by atomic mass is 19.1. The van der Waals surface area contributed by atoms with E-state index >= 15 is 0 Å². The van der Waals surface area contributed by atoms with Gasteiger partial charge in [-0.1, -0.05) is 25.5 Å². The number of hydrogen-bond donors (Lipinski definition) is 2. The summed E-state index contributed by atoms with van der Waals surface area (Å²) in [5.41, 5.74) is 0.0758. The topological polar surface area (TPSA) is 66.4 Å². The summed E-state index contributed by atoms with van der Waals surface area (Å²) in [7, 11) is 0. The summed E-state index contributed by atoms with van der Waals surface area (Å²) in [6, 6.07) is 4.98. The predicted molar refractivity (Wildman–Crippen MR) is 71.8 cm³/mol. The van der Waals surface area contributed by atoms with Gasteiger partial charge in [0, 0.05) is 0 Å². The molecule has 0 radical (unpaired) electrons. The van der Waals surface area contributed by atoms with Crippen LogP contribution in [0.3, 0.4) is 0 Å². The smallest absolute Gasteiger partial charge is 0.326 e. The number of hydrogen-bond acceptors (Lipinski definition) is 2. The molecule has 1 amide bonds. The molecular weight excluding hydrogens is 261 g/mol. The molecular formula is C15H18FNO3. The van der Waals surface area contributed by atoms with Gasteiger partial charge in [-0.05, 0) is 37.0 Å².